The SMILES string of the molecule is CCCC[PH+](CCCC)CCCC.[Cl][Ir+2].[c-]1cccc2ccc3cccnc3c12.[c-]1cccc2ccc3cccnc3c12. The van der Waals surface area contributed by atoms with Gasteiger partial charge in [0.2, 0.25) is 0 Å². The Bertz CT molecular complexity index is 1400. The van der Waals surface area contributed by atoms with Crippen molar-refractivity contribution in [1.82, 2.24) is 9.97 Å². The fourth-order valence-corrected chi connectivity index (χ4v) is 8.44. The summed E-state index contributed by atoms with van der Waals surface area (Å²) < 4.78 is 0. The van der Waals surface area contributed by atoms with Crippen LogP contribution in [0.25, 0.3) is 43.4 Å². The summed E-state index contributed by atoms with van der Waals surface area (Å²) in [7, 11) is 4.71. The van der Waals surface area contributed by atoms with Gasteiger partial charge in [0, 0.05) is 20.3 Å². The van der Waals surface area contributed by atoms with Crippen LogP contribution in [0.3, 0.4) is 0 Å². The standard InChI is InChI=1S/2C13H8N.C12H27P.ClH.Ir/c2*1-2-6-12-10(4-1)7-8-11-5-3-9-14-13(11)12;1-4-7-10-13(11-8-5-2)12-9-6-3;;/h2*1-5,7-9H;4-12H2,1-3H3;1H;/q2*-1;;;+3. The van der Waals surface area contributed by atoms with Crippen LogP contribution in [0.15, 0.2) is 97.3 Å². The van der Waals surface area contributed by atoms with E-state index in [1.807, 2.05) is 48.8 Å². The molecule has 5 heteroatoms. The van der Waals surface area contributed by atoms with Gasteiger partial charge in [-0.25, -0.2) is 0 Å². The monoisotopic (exact) mass is 787 g/mol. The van der Waals surface area contributed by atoms with Crippen molar-refractivity contribution in [1.29, 1.82) is 0 Å². The predicted molar refractivity (Wildman–Crippen MR) is 190 cm³/mol. The molecule has 0 aliphatic carbocycles. The summed E-state index contributed by atoms with van der Waals surface area (Å²) in [5.74, 6) is 0. The van der Waals surface area contributed by atoms with Gasteiger partial charge in [-0.3, -0.25) is 0 Å². The molecule has 0 unspecified atom stereocenters. The van der Waals surface area contributed by atoms with Crippen LogP contribution in [0.5, 0.6) is 0 Å². The summed E-state index contributed by atoms with van der Waals surface area (Å²) in [4.78, 5) is 8.76. The summed E-state index contributed by atoms with van der Waals surface area (Å²) in [6, 6.07) is 34.9. The Morgan fingerprint density at radius 2 is 0.930 bits per heavy atom. The van der Waals surface area contributed by atoms with Crippen LogP contribution in [0.1, 0.15) is 59.3 Å². The molecule has 2 nitrogen and oxygen atoms in total. The molecule has 43 heavy (non-hydrogen) atoms. The molecule has 6 rings (SSSR count). The number of hydrogen-bond acceptors (Lipinski definition) is 2. The van der Waals surface area contributed by atoms with Crippen molar-refractivity contribution in [3.8, 4) is 0 Å². The second kappa shape index (κ2) is 20.5. The van der Waals surface area contributed by atoms with E-state index in [9.17, 15) is 0 Å². The molecule has 0 radical (unpaired) electrons. The zero-order valence-corrected chi connectivity index (χ0v) is 29.9. The molecule has 0 aliphatic heterocycles. The van der Waals surface area contributed by atoms with E-state index in [1.165, 1.54) is 78.0 Å². The van der Waals surface area contributed by atoms with Crippen molar-refractivity contribution in [3.05, 3.63) is 109 Å². The maximum atomic E-state index is 4.64. The average molecular weight is 787 g/mol. The summed E-state index contributed by atoms with van der Waals surface area (Å²) in [6.45, 7) is 6.96. The smallest absolute Gasteiger partial charge is 0.0161 e. The Morgan fingerprint density at radius 3 is 1.33 bits per heavy atom. The second-order valence-electron chi connectivity index (χ2n) is 10.6. The fourth-order valence-electron chi connectivity index (χ4n) is 5.12. The molecule has 6 aromatic rings. The van der Waals surface area contributed by atoms with E-state index in [1.54, 1.807) is 18.5 Å². The summed E-state index contributed by atoms with van der Waals surface area (Å²) in [5, 5.41) is 6.93. The summed E-state index contributed by atoms with van der Waals surface area (Å²) >= 11 is 1.47. The number of nitrogens with zero attached hydrogens (tertiary/aromatic N) is 2. The fraction of sp³-hybridized carbons (Fsp3) is 0.316. The molecule has 0 spiro atoms. The van der Waals surface area contributed by atoms with E-state index < -0.39 is 0 Å². The van der Waals surface area contributed by atoms with Crippen molar-refractivity contribution in [3.63, 3.8) is 0 Å². The van der Waals surface area contributed by atoms with Crippen LogP contribution in [0.2, 0.25) is 0 Å². The van der Waals surface area contributed by atoms with Gasteiger partial charge >= 0.3 is 27.5 Å². The first-order valence-corrected chi connectivity index (χ1v) is 20.6. The quantitative estimate of drug-likeness (QED) is 0.0829. The first kappa shape index (κ1) is 35.1. The predicted octanol–water partition coefficient (Wildman–Crippen LogP) is 11.7. The Balaban J connectivity index is 0.000000172. The third-order valence-electron chi connectivity index (χ3n) is 7.46. The number of pyridine rings is 2. The van der Waals surface area contributed by atoms with Crippen molar-refractivity contribution < 1.29 is 17.9 Å². The van der Waals surface area contributed by atoms with Crippen LogP contribution >= 0.6 is 17.5 Å². The van der Waals surface area contributed by atoms with Crippen LogP contribution in [0.4, 0.5) is 0 Å². The third-order valence-corrected chi connectivity index (χ3v) is 10.6. The molecule has 226 valence electrons. The number of rotatable bonds is 9. The average Bonchev–Trinajstić information content (AvgIpc) is 3.09. The first-order chi connectivity index (χ1) is 21.2. The van der Waals surface area contributed by atoms with Crippen LogP contribution in [-0.4, -0.2) is 28.5 Å². The van der Waals surface area contributed by atoms with Crippen molar-refractivity contribution in [2.24, 2.45) is 0 Å². The maximum absolute atomic E-state index is 4.64. The Morgan fingerprint density at radius 1 is 0.558 bits per heavy atom. The molecular weight excluding hydrogens is 743 g/mol. The molecule has 0 N–H and O–H groups in total. The van der Waals surface area contributed by atoms with E-state index in [0.29, 0.717) is 0 Å². The van der Waals surface area contributed by atoms with Gasteiger partial charge in [-0.2, -0.15) is 0 Å². The first-order valence-electron chi connectivity index (χ1n) is 15.5. The molecule has 0 bridgehead atoms. The van der Waals surface area contributed by atoms with E-state index >= 15 is 0 Å². The molecule has 0 fully saturated rings. The van der Waals surface area contributed by atoms with Gasteiger partial charge in [-0.15, -0.1) is 70.1 Å². The molecule has 0 saturated carbocycles. The minimum atomic E-state index is 0.0675. The van der Waals surface area contributed by atoms with Crippen LogP contribution in [-0.2, 0) is 17.9 Å². The van der Waals surface area contributed by atoms with Crippen molar-refractivity contribution >= 4 is 60.9 Å². The Hall–Kier alpha value is -2.41. The zero-order valence-electron chi connectivity index (χ0n) is 25.7. The van der Waals surface area contributed by atoms with Crippen molar-refractivity contribution in [2.75, 3.05) is 18.5 Å². The van der Waals surface area contributed by atoms with Crippen LogP contribution < -0.4 is 0 Å². The maximum Gasteiger partial charge on any atom is 0.0161 e. The second-order valence-corrected chi connectivity index (χ2v) is 13.6. The topological polar surface area (TPSA) is 25.8 Å². The van der Waals surface area contributed by atoms with Gasteiger partial charge in [0.15, 0.2) is 0 Å². The van der Waals surface area contributed by atoms with Gasteiger partial charge in [-0.05, 0) is 53.2 Å². The van der Waals surface area contributed by atoms with Gasteiger partial charge in [-0.1, -0.05) is 76.4 Å². The number of halogens is 1. The number of hydrogen-bond donors (Lipinski definition) is 0. The number of fused-ring (bicyclic) bond motifs is 6. The van der Waals surface area contributed by atoms with Crippen molar-refractivity contribution in [2.45, 2.75) is 59.3 Å². The molecule has 0 amide bonds. The van der Waals surface area contributed by atoms with Gasteiger partial charge in [0.25, 0.3) is 0 Å². The normalized spacial score (nSPS) is 10.6. The molecule has 4 aromatic carbocycles. The van der Waals surface area contributed by atoms with Crippen LogP contribution in [0, 0.1) is 12.1 Å². The van der Waals surface area contributed by atoms with E-state index in [-0.39, 0.29) is 7.92 Å². The van der Waals surface area contributed by atoms with Gasteiger partial charge < -0.3 is 9.97 Å². The Kier molecular flexibility index (Phi) is 16.7. The number of unbranched alkanes of at least 4 members (excludes halogenated alkanes) is 3. The van der Waals surface area contributed by atoms with Gasteiger partial charge in [0.05, 0.1) is 18.5 Å². The minimum absolute atomic E-state index is 0.0675. The largest absolute Gasteiger partial charge is 0.304 e. The molecular formula is C38H44ClIrN2P+. The molecule has 0 aliphatic rings. The number of benzene rings is 4. The van der Waals surface area contributed by atoms with E-state index in [4.69, 9.17) is 0 Å². The zero-order chi connectivity index (χ0) is 30.7. The summed E-state index contributed by atoms with van der Waals surface area (Å²) in [5.41, 5.74) is 2.07. The van der Waals surface area contributed by atoms with E-state index in [0.717, 1.165) is 21.8 Å². The summed E-state index contributed by atoms with van der Waals surface area (Å²) in [6.07, 6.45) is 17.0. The van der Waals surface area contributed by atoms with E-state index in [2.05, 4.69) is 101 Å². The Labute approximate surface area is 274 Å². The molecule has 0 saturated heterocycles. The molecule has 2 aromatic heterocycles. The van der Waals surface area contributed by atoms with Gasteiger partial charge in [0.1, 0.15) is 0 Å². The molecule has 2 heterocycles. The number of aromatic nitrogens is 2. The minimum Gasteiger partial charge on any atom is -0.304 e. The third kappa shape index (κ3) is 10.9. The molecule has 0 atom stereocenters.